The predicted molar refractivity (Wildman–Crippen MR) is 101 cm³/mol. The van der Waals surface area contributed by atoms with Gasteiger partial charge in [0.1, 0.15) is 0 Å². The highest BCUT2D eigenvalue weighted by Gasteiger charge is 2.12. The van der Waals surface area contributed by atoms with Gasteiger partial charge < -0.3 is 10.6 Å². The van der Waals surface area contributed by atoms with Crippen molar-refractivity contribution in [2.75, 3.05) is 6.54 Å². The molecule has 0 radical (unpaired) electrons. The number of carbonyl (C=O) groups excluding carboxylic acids is 1. The van der Waals surface area contributed by atoms with Crippen LogP contribution in [0.15, 0.2) is 41.5 Å². The van der Waals surface area contributed by atoms with Crippen molar-refractivity contribution >= 4 is 16.8 Å². The van der Waals surface area contributed by atoms with Gasteiger partial charge >= 0.3 is 0 Å². The number of aryl methyl sites for hydroxylation is 1. The van der Waals surface area contributed by atoms with E-state index in [0.717, 1.165) is 31.0 Å². The molecule has 3 heterocycles. The number of para-hydroxylation sites is 1. The number of rotatable bonds is 6. The minimum absolute atomic E-state index is 0.0408. The Balaban J connectivity index is 1.28. The fraction of sp³-hybridized carbons (Fsp3) is 0.368. The van der Waals surface area contributed by atoms with E-state index in [0.29, 0.717) is 36.8 Å². The molecule has 0 saturated heterocycles. The summed E-state index contributed by atoms with van der Waals surface area (Å²) in [5, 5.41) is 11.3. The van der Waals surface area contributed by atoms with Crippen molar-refractivity contribution in [3.63, 3.8) is 0 Å². The SMILES string of the molecule is O=C(CCCn1cnc2ccccc2c1=O)NCc1cc2n(n1)CCNC2. The van der Waals surface area contributed by atoms with Gasteiger partial charge in [0.05, 0.1) is 41.7 Å². The van der Waals surface area contributed by atoms with E-state index < -0.39 is 0 Å². The number of nitrogens with zero attached hydrogens (tertiary/aromatic N) is 4. The van der Waals surface area contributed by atoms with E-state index in [1.54, 1.807) is 17.0 Å². The Morgan fingerprint density at radius 2 is 2.19 bits per heavy atom. The van der Waals surface area contributed by atoms with Crippen molar-refractivity contribution in [2.45, 2.75) is 39.0 Å². The molecule has 0 spiro atoms. The van der Waals surface area contributed by atoms with Crippen molar-refractivity contribution in [3.05, 3.63) is 58.4 Å². The summed E-state index contributed by atoms with van der Waals surface area (Å²) < 4.78 is 3.54. The first-order valence-electron chi connectivity index (χ1n) is 9.18. The summed E-state index contributed by atoms with van der Waals surface area (Å²) in [4.78, 5) is 28.8. The Morgan fingerprint density at radius 1 is 1.30 bits per heavy atom. The average molecular weight is 366 g/mol. The molecule has 8 nitrogen and oxygen atoms in total. The minimum atomic E-state index is -0.0711. The van der Waals surface area contributed by atoms with Gasteiger partial charge in [-0.05, 0) is 24.6 Å². The van der Waals surface area contributed by atoms with Crippen molar-refractivity contribution in [1.82, 2.24) is 30.0 Å². The third-order valence-electron chi connectivity index (χ3n) is 4.72. The summed E-state index contributed by atoms with van der Waals surface area (Å²) >= 11 is 0. The maximum Gasteiger partial charge on any atom is 0.261 e. The number of aromatic nitrogens is 4. The van der Waals surface area contributed by atoms with Crippen LogP contribution >= 0.6 is 0 Å². The molecule has 3 aromatic rings. The summed E-state index contributed by atoms with van der Waals surface area (Å²) in [5.41, 5.74) is 2.64. The van der Waals surface area contributed by atoms with E-state index in [2.05, 4.69) is 20.7 Å². The molecular weight excluding hydrogens is 344 g/mol. The van der Waals surface area contributed by atoms with Crippen LogP contribution in [0.4, 0.5) is 0 Å². The van der Waals surface area contributed by atoms with Gasteiger partial charge in [-0.1, -0.05) is 12.1 Å². The van der Waals surface area contributed by atoms with E-state index in [4.69, 9.17) is 0 Å². The maximum atomic E-state index is 12.4. The number of nitrogens with one attached hydrogen (secondary N) is 2. The van der Waals surface area contributed by atoms with E-state index in [-0.39, 0.29) is 11.5 Å². The molecule has 0 aliphatic carbocycles. The Labute approximate surface area is 156 Å². The van der Waals surface area contributed by atoms with Gasteiger partial charge in [-0.15, -0.1) is 0 Å². The number of benzene rings is 1. The molecule has 1 aromatic carbocycles. The first kappa shape index (κ1) is 17.4. The zero-order valence-electron chi connectivity index (χ0n) is 15.0. The molecule has 8 heteroatoms. The number of fused-ring (bicyclic) bond motifs is 2. The molecule has 2 N–H and O–H groups in total. The lowest BCUT2D eigenvalue weighted by molar-refractivity contribution is -0.121. The quantitative estimate of drug-likeness (QED) is 0.673. The molecule has 0 bridgehead atoms. The van der Waals surface area contributed by atoms with Gasteiger partial charge in [-0.25, -0.2) is 4.98 Å². The maximum absolute atomic E-state index is 12.4. The van der Waals surface area contributed by atoms with Crippen LogP contribution in [-0.2, 0) is 31.0 Å². The van der Waals surface area contributed by atoms with Gasteiger partial charge in [0.25, 0.3) is 5.56 Å². The molecule has 27 heavy (non-hydrogen) atoms. The summed E-state index contributed by atoms with van der Waals surface area (Å²) in [6.45, 7) is 3.49. The van der Waals surface area contributed by atoms with E-state index in [1.807, 2.05) is 28.9 Å². The predicted octanol–water partition coefficient (Wildman–Crippen LogP) is 0.793. The topological polar surface area (TPSA) is 93.8 Å². The number of hydrogen-bond donors (Lipinski definition) is 2. The molecular formula is C19H22N6O2. The van der Waals surface area contributed by atoms with Gasteiger partial charge in [0, 0.05) is 26.1 Å². The second-order valence-corrected chi connectivity index (χ2v) is 6.67. The lowest BCUT2D eigenvalue weighted by Gasteiger charge is -2.13. The minimum Gasteiger partial charge on any atom is -0.350 e. The van der Waals surface area contributed by atoms with Crippen LogP contribution in [0.3, 0.4) is 0 Å². The van der Waals surface area contributed by atoms with Crippen molar-refractivity contribution in [2.24, 2.45) is 0 Å². The highest BCUT2D eigenvalue weighted by molar-refractivity contribution is 5.77. The molecule has 0 atom stereocenters. The smallest absolute Gasteiger partial charge is 0.261 e. The first-order valence-corrected chi connectivity index (χ1v) is 9.18. The second kappa shape index (κ2) is 7.71. The molecule has 0 unspecified atom stereocenters. The van der Waals surface area contributed by atoms with Crippen molar-refractivity contribution in [3.8, 4) is 0 Å². The van der Waals surface area contributed by atoms with Crippen molar-refractivity contribution < 1.29 is 4.79 Å². The molecule has 140 valence electrons. The lowest BCUT2D eigenvalue weighted by Crippen LogP contribution is -2.28. The Kier molecular flexibility index (Phi) is 4.97. The molecule has 4 rings (SSSR count). The zero-order valence-corrected chi connectivity index (χ0v) is 15.0. The first-order chi connectivity index (χ1) is 13.2. The Morgan fingerprint density at radius 3 is 3.07 bits per heavy atom. The molecule has 1 aliphatic rings. The van der Waals surface area contributed by atoms with Crippen LogP contribution in [0.5, 0.6) is 0 Å². The van der Waals surface area contributed by atoms with Crippen molar-refractivity contribution in [1.29, 1.82) is 0 Å². The van der Waals surface area contributed by atoms with Crippen LogP contribution in [0.25, 0.3) is 10.9 Å². The Hall–Kier alpha value is -3.00. The van der Waals surface area contributed by atoms with Crippen LogP contribution < -0.4 is 16.2 Å². The van der Waals surface area contributed by atoms with Gasteiger partial charge in [-0.3, -0.25) is 18.8 Å². The van der Waals surface area contributed by atoms with Gasteiger partial charge in [0.15, 0.2) is 0 Å². The molecule has 1 amide bonds. The van der Waals surface area contributed by atoms with Crippen LogP contribution in [0.2, 0.25) is 0 Å². The van der Waals surface area contributed by atoms with Crippen LogP contribution in [0, 0.1) is 0 Å². The van der Waals surface area contributed by atoms with Crippen LogP contribution in [-0.4, -0.2) is 31.8 Å². The summed E-state index contributed by atoms with van der Waals surface area (Å²) in [6, 6.07) is 9.29. The Bertz CT molecular complexity index is 999. The summed E-state index contributed by atoms with van der Waals surface area (Å²) in [6.07, 6.45) is 2.48. The lowest BCUT2D eigenvalue weighted by atomic mass is 10.2. The fourth-order valence-electron chi connectivity index (χ4n) is 3.29. The third-order valence-corrected chi connectivity index (χ3v) is 4.72. The second-order valence-electron chi connectivity index (χ2n) is 6.67. The summed E-state index contributed by atoms with van der Waals surface area (Å²) in [5.74, 6) is -0.0408. The normalized spacial score (nSPS) is 13.5. The van der Waals surface area contributed by atoms with E-state index >= 15 is 0 Å². The van der Waals surface area contributed by atoms with E-state index in [9.17, 15) is 9.59 Å². The van der Waals surface area contributed by atoms with Gasteiger partial charge in [0.2, 0.25) is 5.91 Å². The highest BCUT2D eigenvalue weighted by Crippen LogP contribution is 2.08. The molecule has 1 aliphatic heterocycles. The average Bonchev–Trinajstić information content (AvgIpc) is 3.11. The van der Waals surface area contributed by atoms with Crippen LogP contribution in [0.1, 0.15) is 24.2 Å². The van der Waals surface area contributed by atoms with E-state index in [1.165, 1.54) is 0 Å². The number of amides is 1. The summed E-state index contributed by atoms with van der Waals surface area (Å²) in [7, 11) is 0. The zero-order chi connectivity index (χ0) is 18.6. The fourth-order valence-corrected chi connectivity index (χ4v) is 3.29. The van der Waals surface area contributed by atoms with Gasteiger partial charge in [-0.2, -0.15) is 5.10 Å². The standard InChI is InChI=1S/C19H22N6O2/c26-18(21-11-14-10-15-12-20-7-9-25(15)23-14)6-3-8-24-13-22-17-5-2-1-4-16(17)19(24)27/h1-2,4-5,10,13,20H,3,6-9,11-12H2,(H,21,26). The molecule has 0 fully saturated rings. The molecule has 0 saturated carbocycles. The number of hydrogen-bond acceptors (Lipinski definition) is 5. The monoisotopic (exact) mass is 366 g/mol. The highest BCUT2D eigenvalue weighted by atomic mass is 16.1. The third kappa shape index (κ3) is 3.90. The number of carbonyl (C=O) groups is 1. The molecule has 2 aromatic heterocycles. The largest absolute Gasteiger partial charge is 0.350 e.